The van der Waals surface area contributed by atoms with Crippen molar-refractivity contribution >= 4 is 22.6 Å². The van der Waals surface area contributed by atoms with Gasteiger partial charge in [-0.25, -0.2) is 4.79 Å². The molecule has 3 rings (SSSR count). The molecule has 138 valence electrons. The van der Waals surface area contributed by atoms with Crippen LogP contribution in [0.5, 0.6) is 5.75 Å². The third-order valence-corrected chi connectivity index (χ3v) is 4.28. The summed E-state index contributed by atoms with van der Waals surface area (Å²) in [6.07, 6.45) is 0.949. The molecule has 0 aliphatic carbocycles. The molecule has 3 aromatic rings. The lowest BCUT2D eigenvalue weighted by atomic mass is 9.88. The van der Waals surface area contributed by atoms with E-state index in [0.717, 1.165) is 17.2 Å². The lowest BCUT2D eigenvalue weighted by Gasteiger charge is -2.18. The molecule has 0 amide bonds. The topological polar surface area (TPSA) is 76.2 Å². The summed E-state index contributed by atoms with van der Waals surface area (Å²) in [5.41, 5.74) is 8.10. The zero-order valence-electron chi connectivity index (χ0n) is 15.9. The van der Waals surface area contributed by atoms with Crippen LogP contribution in [0.1, 0.15) is 42.3 Å². The lowest BCUT2D eigenvalue weighted by molar-refractivity contribution is 0.0737. The van der Waals surface area contributed by atoms with Gasteiger partial charge < -0.3 is 10.5 Å². The van der Waals surface area contributed by atoms with Gasteiger partial charge in [-0.3, -0.25) is 5.41 Å². The zero-order valence-corrected chi connectivity index (χ0v) is 15.9. The summed E-state index contributed by atoms with van der Waals surface area (Å²) in [5, 5.41) is 9.23. The number of carbonyl (C=O) groups excluding carboxylic acids is 1. The van der Waals surface area contributed by atoms with E-state index in [-0.39, 0.29) is 17.2 Å². The van der Waals surface area contributed by atoms with Crippen LogP contribution in [0, 0.1) is 10.8 Å². The van der Waals surface area contributed by atoms with Crippen molar-refractivity contribution in [1.29, 1.82) is 5.41 Å². The molecule has 0 aliphatic rings. The quantitative estimate of drug-likeness (QED) is 0.300. The summed E-state index contributed by atoms with van der Waals surface area (Å²) in [7, 11) is 0. The molecule has 3 N–H and O–H groups in total. The molecular weight excluding hydrogens is 336 g/mol. The number of hydrogen-bond acceptors (Lipinski definition) is 3. The molecule has 4 nitrogen and oxygen atoms in total. The molecule has 4 heteroatoms. The predicted molar refractivity (Wildman–Crippen MR) is 110 cm³/mol. The Labute approximate surface area is 159 Å². The van der Waals surface area contributed by atoms with E-state index in [1.54, 1.807) is 12.1 Å². The van der Waals surface area contributed by atoms with E-state index in [1.165, 1.54) is 5.56 Å². The maximum absolute atomic E-state index is 12.6. The molecule has 0 radical (unpaired) electrons. The molecule has 3 aromatic carbocycles. The third kappa shape index (κ3) is 4.53. The first kappa shape index (κ1) is 18.6. The van der Waals surface area contributed by atoms with Gasteiger partial charge in [-0.05, 0) is 53.1 Å². The summed E-state index contributed by atoms with van der Waals surface area (Å²) in [4.78, 5) is 12.6. The number of nitrogens with one attached hydrogen (secondary N) is 1. The standard InChI is InChI=1S/C23H24N2O2/c1-23(2,3)14-15-7-9-16(10-8-15)22(26)27-20-6-4-5-17-13-18(21(24)25)11-12-19(17)20/h4-13H,14H2,1-3H3,(H3,24,25). The molecule has 0 fully saturated rings. The summed E-state index contributed by atoms with van der Waals surface area (Å²) in [5.74, 6) is 0.112. The zero-order chi connectivity index (χ0) is 19.6. The summed E-state index contributed by atoms with van der Waals surface area (Å²) < 4.78 is 5.63. The Balaban J connectivity index is 1.82. The molecule has 0 heterocycles. The number of ether oxygens (including phenoxy) is 1. The molecule has 0 atom stereocenters. The second kappa shape index (κ2) is 7.23. The maximum atomic E-state index is 12.6. The first-order valence-electron chi connectivity index (χ1n) is 8.91. The summed E-state index contributed by atoms with van der Waals surface area (Å²) in [6, 6.07) is 18.4. The van der Waals surface area contributed by atoms with Crippen molar-refractivity contribution in [2.45, 2.75) is 27.2 Å². The fraction of sp³-hybridized carbons (Fsp3) is 0.217. The van der Waals surface area contributed by atoms with Crippen LogP contribution in [0.15, 0.2) is 60.7 Å². The molecular formula is C23H24N2O2. The number of nitrogens with two attached hydrogens (primary N) is 1. The van der Waals surface area contributed by atoms with Crippen molar-refractivity contribution in [3.05, 3.63) is 77.4 Å². The number of amidine groups is 1. The van der Waals surface area contributed by atoms with E-state index in [9.17, 15) is 4.79 Å². The highest BCUT2D eigenvalue weighted by Crippen LogP contribution is 2.27. The molecule has 0 bridgehead atoms. The first-order valence-corrected chi connectivity index (χ1v) is 8.91. The van der Waals surface area contributed by atoms with Gasteiger partial charge in [0.2, 0.25) is 0 Å². The highest BCUT2D eigenvalue weighted by molar-refractivity contribution is 6.01. The lowest BCUT2D eigenvalue weighted by Crippen LogP contribution is -2.11. The van der Waals surface area contributed by atoms with Crippen LogP contribution >= 0.6 is 0 Å². The van der Waals surface area contributed by atoms with Crippen molar-refractivity contribution in [1.82, 2.24) is 0 Å². The number of rotatable bonds is 4. The van der Waals surface area contributed by atoms with Gasteiger partial charge >= 0.3 is 5.97 Å². The number of benzene rings is 3. The Morgan fingerprint density at radius 3 is 2.30 bits per heavy atom. The van der Waals surface area contributed by atoms with Gasteiger partial charge in [0.25, 0.3) is 0 Å². The first-order chi connectivity index (χ1) is 12.7. The van der Waals surface area contributed by atoms with E-state index in [4.69, 9.17) is 15.9 Å². The molecule has 0 saturated carbocycles. The fourth-order valence-corrected chi connectivity index (χ4v) is 3.04. The number of nitrogen functional groups attached to an aromatic ring is 1. The average Bonchev–Trinajstić information content (AvgIpc) is 2.60. The molecule has 0 spiro atoms. The summed E-state index contributed by atoms with van der Waals surface area (Å²) >= 11 is 0. The third-order valence-electron chi connectivity index (χ3n) is 4.28. The number of esters is 1. The molecule has 27 heavy (non-hydrogen) atoms. The van der Waals surface area contributed by atoms with Gasteiger partial charge in [0.15, 0.2) is 0 Å². The summed E-state index contributed by atoms with van der Waals surface area (Å²) in [6.45, 7) is 6.56. The van der Waals surface area contributed by atoms with Gasteiger partial charge in [0, 0.05) is 10.9 Å². The predicted octanol–water partition coefficient (Wildman–Crippen LogP) is 4.93. The van der Waals surface area contributed by atoms with Crippen LogP contribution in [0.25, 0.3) is 10.8 Å². The van der Waals surface area contributed by atoms with E-state index < -0.39 is 0 Å². The minimum Gasteiger partial charge on any atom is -0.422 e. The van der Waals surface area contributed by atoms with Gasteiger partial charge in [0.05, 0.1) is 5.56 Å². The monoisotopic (exact) mass is 360 g/mol. The van der Waals surface area contributed by atoms with Gasteiger partial charge in [0.1, 0.15) is 11.6 Å². The van der Waals surface area contributed by atoms with Crippen LogP contribution in [0.2, 0.25) is 0 Å². The SMILES string of the molecule is CC(C)(C)Cc1ccc(C(=O)Oc2cccc3cc(C(=N)N)ccc23)cc1. The Bertz CT molecular complexity index is 999. The van der Waals surface area contributed by atoms with E-state index in [1.807, 2.05) is 48.5 Å². The highest BCUT2D eigenvalue weighted by atomic mass is 16.5. The molecule has 0 saturated heterocycles. The van der Waals surface area contributed by atoms with Crippen molar-refractivity contribution in [2.24, 2.45) is 11.1 Å². The largest absolute Gasteiger partial charge is 0.422 e. The second-order valence-electron chi connectivity index (χ2n) is 7.93. The van der Waals surface area contributed by atoms with Gasteiger partial charge in [-0.2, -0.15) is 0 Å². The number of hydrogen-bond donors (Lipinski definition) is 2. The molecule has 0 unspecified atom stereocenters. The molecule has 0 aromatic heterocycles. The highest BCUT2D eigenvalue weighted by Gasteiger charge is 2.14. The van der Waals surface area contributed by atoms with Crippen LogP contribution in [-0.2, 0) is 6.42 Å². The number of fused-ring (bicyclic) bond motifs is 1. The second-order valence-corrected chi connectivity index (χ2v) is 7.93. The van der Waals surface area contributed by atoms with Crippen LogP contribution in [0.3, 0.4) is 0 Å². The normalized spacial score (nSPS) is 11.4. The number of carbonyl (C=O) groups is 1. The van der Waals surface area contributed by atoms with Gasteiger partial charge in [-0.15, -0.1) is 0 Å². The van der Waals surface area contributed by atoms with Crippen LogP contribution in [0.4, 0.5) is 0 Å². The van der Waals surface area contributed by atoms with E-state index >= 15 is 0 Å². The van der Waals surface area contributed by atoms with Crippen LogP contribution < -0.4 is 10.5 Å². The minimum absolute atomic E-state index is 0.00893. The Morgan fingerprint density at radius 1 is 1.00 bits per heavy atom. The van der Waals surface area contributed by atoms with E-state index in [2.05, 4.69) is 20.8 Å². The van der Waals surface area contributed by atoms with Crippen LogP contribution in [-0.4, -0.2) is 11.8 Å². The van der Waals surface area contributed by atoms with Crippen molar-refractivity contribution < 1.29 is 9.53 Å². The minimum atomic E-state index is -0.388. The Kier molecular flexibility index (Phi) is 5.00. The van der Waals surface area contributed by atoms with Crippen molar-refractivity contribution in [3.8, 4) is 5.75 Å². The maximum Gasteiger partial charge on any atom is 0.343 e. The average molecular weight is 360 g/mol. The Morgan fingerprint density at radius 2 is 1.67 bits per heavy atom. The van der Waals surface area contributed by atoms with E-state index in [0.29, 0.717) is 16.9 Å². The van der Waals surface area contributed by atoms with Gasteiger partial charge in [-0.1, -0.05) is 51.1 Å². The molecule has 0 aliphatic heterocycles. The van der Waals surface area contributed by atoms with Crippen molar-refractivity contribution in [3.63, 3.8) is 0 Å². The fourth-order valence-electron chi connectivity index (χ4n) is 3.04. The Hall–Kier alpha value is -3.14. The smallest absolute Gasteiger partial charge is 0.343 e. The van der Waals surface area contributed by atoms with Crippen molar-refractivity contribution in [2.75, 3.05) is 0 Å².